The predicted octanol–water partition coefficient (Wildman–Crippen LogP) is 4.87. The number of benzene rings is 1. The van der Waals surface area contributed by atoms with Crippen molar-refractivity contribution in [1.82, 2.24) is 15.0 Å². The van der Waals surface area contributed by atoms with Crippen LogP contribution in [0.4, 0.5) is 18.0 Å². The number of carbonyl (C=O) groups is 3. The van der Waals surface area contributed by atoms with Gasteiger partial charge in [0.2, 0.25) is 0 Å². The topological polar surface area (TPSA) is 113 Å². The van der Waals surface area contributed by atoms with Gasteiger partial charge in [-0.1, -0.05) is 18.5 Å². The molecule has 0 saturated carbocycles. The van der Waals surface area contributed by atoms with Crippen LogP contribution in [0.1, 0.15) is 64.1 Å². The highest BCUT2D eigenvalue weighted by Gasteiger charge is 2.50. The second-order valence-electron chi connectivity index (χ2n) is 9.20. The van der Waals surface area contributed by atoms with Crippen molar-refractivity contribution in [1.29, 1.82) is 0 Å². The molecule has 12 heteroatoms. The maximum absolute atomic E-state index is 13.2. The van der Waals surface area contributed by atoms with E-state index in [-0.39, 0.29) is 43.0 Å². The number of alkyl halides is 3. The number of imide groups is 1. The first-order valence-corrected chi connectivity index (χ1v) is 11.9. The Labute approximate surface area is 206 Å². The summed E-state index contributed by atoms with van der Waals surface area (Å²) in [6.07, 6.45) is -2.44. The Balaban J connectivity index is 1.63. The molecule has 2 aromatic rings. The lowest BCUT2D eigenvalue weighted by Crippen LogP contribution is -2.44. The zero-order valence-corrected chi connectivity index (χ0v) is 20.5. The summed E-state index contributed by atoms with van der Waals surface area (Å²) < 4.78 is 50.5. The van der Waals surface area contributed by atoms with E-state index in [4.69, 9.17) is 14.4 Å². The Hall–Kier alpha value is -3.31. The Bertz CT molecular complexity index is 1130. The first-order valence-electron chi connectivity index (χ1n) is 11.9. The van der Waals surface area contributed by atoms with Crippen LogP contribution in [0.3, 0.4) is 0 Å². The van der Waals surface area contributed by atoms with Crippen LogP contribution in [0.5, 0.6) is 5.75 Å². The van der Waals surface area contributed by atoms with Crippen LogP contribution in [0.25, 0.3) is 11.0 Å². The number of carbonyl (C=O) groups excluding carboxylic acids is 2. The molecule has 36 heavy (non-hydrogen) atoms. The van der Waals surface area contributed by atoms with E-state index in [2.05, 4.69) is 5.16 Å². The van der Waals surface area contributed by atoms with E-state index in [0.29, 0.717) is 43.4 Å². The van der Waals surface area contributed by atoms with E-state index < -0.39 is 29.4 Å². The number of carboxylic acids is 1. The van der Waals surface area contributed by atoms with Gasteiger partial charge in [-0.15, -0.1) is 0 Å². The van der Waals surface area contributed by atoms with Crippen molar-refractivity contribution in [2.75, 3.05) is 19.7 Å². The molecule has 0 radical (unpaired) electrons. The first-order chi connectivity index (χ1) is 16.9. The van der Waals surface area contributed by atoms with Crippen molar-refractivity contribution in [3.05, 3.63) is 23.4 Å². The summed E-state index contributed by atoms with van der Waals surface area (Å²) >= 11 is 0. The smallest absolute Gasteiger partial charge is 0.437 e. The normalized spacial score (nSPS) is 15.8. The average Bonchev–Trinajstić information content (AvgIpc) is 3.29. The Morgan fingerprint density at radius 1 is 1.17 bits per heavy atom. The number of aliphatic carboxylic acids is 1. The van der Waals surface area contributed by atoms with Gasteiger partial charge >= 0.3 is 18.2 Å². The zero-order chi connectivity index (χ0) is 26.7. The van der Waals surface area contributed by atoms with E-state index in [1.807, 2.05) is 6.92 Å². The number of hydrogen-bond acceptors (Lipinski definition) is 6. The predicted molar refractivity (Wildman–Crippen MR) is 122 cm³/mol. The molecule has 1 aliphatic heterocycles. The highest BCUT2D eigenvalue weighted by Crippen LogP contribution is 2.38. The van der Waals surface area contributed by atoms with E-state index in [0.717, 1.165) is 4.90 Å². The van der Waals surface area contributed by atoms with Crippen LogP contribution >= 0.6 is 0 Å². The second-order valence-corrected chi connectivity index (χ2v) is 9.20. The van der Waals surface area contributed by atoms with Crippen molar-refractivity contribution >= 4 is 28.9 Å². The molecular formula is C24H30F3N3O6. The molecular weight excluding hydrogens is 483 g/mol. The molecule has 1 aliphatic rings. The fourth-order valence-corrected chi connectivity index (χ4v) is 4.31. The second kappa shape index (κ2) is 10.8. The molecule has 1 aromatic carbocycles. The Morgan fingerprint density at radius 2 is 1.89 bits per heavy atom. The molecule has 0 aliphatic carbocycles. The van der Waals surface area contributed by atoms with Gasteiger partial charge in [-0.25, -0.2) is 4.79 Å². The van der Waals surface area contributed by atoms with Crippen LogP contribution in [-0.2, 0) is 22.2 Å². The number of unbranched alkanes of at least 4 members (excludes halogenated alkanes) is 1. The minimum absolute atomic E-state index is 0.0297. The van der Waals surface area contributed by atoms with Crippen molar-refractivity contribution in [3.63, 3.8) is 0 Å². The fraction of sp³-hybridized carbons (Fsp3) is 0.583. The van der Waals surface area contributed by atoms with Gasteiger partial charge in [0.05, 0.1) is 12.0 Å². The van der Waals surface area contributed by atoms with Crippen LogP contribution in [0.2, 0.25) is 0 Å². The molecule has 1 saturated heterocycles. The molecule has 3 rings (SSSR count). The van der Waals surface area contributed by atoms with Crippen LogP contribution < -0.4 is 4.74 Å². The SMILES string of the molecule is CCCc1c(OCCCN2C(=O)N(CCCCC(=O)O)C(=O)C2(C)C)ccc2c(C(F)(F)F)noc12. The van der Waals surface area contributed by atoms with E-state index in [9.17, 15) is 27.6 Å². The van der Waals surface area contributed by atoms with Gasteiger partial charge < -0.3 is 19.3 Å². The Kier molecular flexibility index (Phi) is 8.15. The summed E-state index contributed by atoms with van der Waals surface area (Å²) in [7, 11) is 0. The number of urea groups is 1. The van der Waals surface area contributed by atoms with Gasteiger partial charge in [-0.05, 0) is 51.7 Å². The molecule has 0 atom stereocenters. The lowest BCUT2D eigenvalue weighted by molar-refractivity contribution is -0.141. The number of nitrogens with zero attached hydrogens (tertiary/aromatic N) is 3. The average molecular weight is 514 g/mol. The molecule has 0 unspecified atom stereocenters. The van der Waals surface area contributed by atoms with Crippen molar-refractivity contribution in [2.45, 2.75) is 71.0 Å². The molecule has 0 spiro atoms. The third-order valence-electron chi connectivity index (χ3n) is 6.18. The number of hydrogen-bond donors (Lipinski definition) is 1. The molecule has 1 fully saturated rings. The van der Waals surface area contributed by atoms with E-state index in [1.165, 1.54) is 17.0 Å². The van der Waals surface area contributed by atoms with Crippen molar-refractivity contribution in [3.8, 4) is 5.75 Å². The number of halogens is 3. The number of ether oxygens (including phenoxy) is 1. The summed E-state index contributed by atoms with van der Waals surface area (Å²) in [4.78, 5) is 38.9. The maximum Gasteiger partial charge on any atom is 0.437 e. The lowest BCUT2D eigenvalue weighted by atomic mass is 10.0. The van der Waals surface area contributed by atoms with Crippen LogP contribution in [0.15, 0.2) is 16.7 Å². The van der Waals surface area contributed by atoms with Crippen LogP contribution in [-0.4, -0.2) is 63.2 Å². The summed E-state index contributed by atoms with van der Waals surface area (Å²) in [6, 6.07) is 2.30. The Morgan fingerprint density at radius 3 is 2.53 bits per heavy atom. The van der Waals surface area contributed by atoms with E-state index >= 15 is 0 Å². The maximum atomic E-state index is 13.2. The highest BCUT2D eigenvalue weighted by atomic mass is 19.4. The molecule has 198 valence electrons. The molecule has 2 heterocycles. The van der Waals surface area contributed by atoms with Crippen molar-refractivity contribution < 1.29 is 41.9 Å². The van der Waals surface area contributed by atoms with E-state index in [1.54, 1.807) is 13.8 Å². The van der Waals surface area contributed by atoms with Crippen molar-refractivity contribution in [2.24, 2.45) is 0 Å². The lowest BCUT2D eigenvalue weighted by Gasteiger charge is -2.27. The minimum atomic E-state index is -4.63. The van der Waals surface area contributed by atoms with Gasteiger partial charge in [-0.3, -0.25) is 14.5 Å². The molecule has 1 aromatic heterocycles. The number of aryl methyl sites for hydroxylation is 1. The number of aromatic nitrogens is 1. The highest BCUT2D eigenvalue weighted by molar-refractivity contribution is 6.06. The summed E-state index contributed by atoms with van der Waals surface area (Å²) in [5, 5.41) is 11.8. The van der Waals surface area contributed by atoms with Gasteiger partial charge in [0.1, 0.15) is 11.3 Å². The molecule has 9 nitrogen and oxygen atoms in total. The number of carboxylic acid groups (broad SMARTS) is 1. The minimum Gasteiger partial charge on any atom is -0.493 e. The summed E-state index contributed by atoms with van der Waals surface area (Å²) in [5.74, 6) is -0.885. The first kappa shape index (κ1) is 27.3. The van der Waals surface area contributed by atoms with Gasteiger partial charge in [0.25, 0.3) is 5.91 Å². The summed E-state index contributed by atoms with van der Waals surface area (Å²) in [5.41, 5.74) is -1.59. The van der Waals surface area contributed by atoms with Gasteiger partial charge in [0.15, 0.2) is 11.3 Å². The third-order valence-corrected chi connectivity index (χ3v) is 6.18. The zero-order valence-electron chi connectivity index (χ0n) is 20.5. The standard InChI is InChI=1S/C24H30F3N3O6/c1-4-8-15-17(11-10-16-19(15)36-28-20(16)24(25,26)27)35-14-7-13-30-22(34)29(21(33)23(30,2)3)12-6-5-9-18(31)32/h10-11H,4-9,12-14H2,1-3H3,(H,31,32). The third kappa shape index (κ3) is 5.57. The molecule has 0 bridgehead atoms. The fourth-order valence-electron chi connectivity index (χ4n) is 4.31. The molecule has 3 amide bonds. The quantitative estimate of drug-likeness (QED) is 0.318. The van der Waals surface area contributed by atoms with Crippen LogP contribution in [0, 0.1) is 0 Å². The largest absolute Gasteiger partial charge is 0.493 e. The molecule has 1 N–H and O–H groups in total. The number of amides is 3. The van der Waals surface area contributed by atoms with Gasteiger partial charge in [-0.2, -0.15) is 13.2 Å². The number of fused-ring (bicyclic) bond motifs is 1. The monoisotopic (exact) mass is 513 g/mol. The summed E-state index contributed by atoms with van der Waals surface area (Å²) in [6.45, 7) is 5.74. The van der Waals surface area contributed by atoms with Gasteiger partial charge in [0, 0.05) is 25.1 Å². The number of rotatable bonds is 12.